The highest BCUT2D eigenvalue weighted by atomic mass is 16.6. The monoisotopic (exact) mass is 395 g/mol. The summed E-state index contributed by atoms with van der Waals surface area (Å²) < 4.78 is 10.5. The maximum absolute atomic E-state index is 12.2. The minimum Gasteiger partial charge on any atom is -0.447 e. The summed E-state index contributed by atoms with van der Waals surface area (Å²) in [6, 6.07) is 6.75. The Morgan fingerprint density at radius 2 is 2.00 bits per heavy atom. The van der Waals surface area contributed by atoms with E-state index < -0.39 is 6.09 Å². The van der Waals surface area contributed by atoms with Gasteiger partial charge in [0.05, 0.1) is 6.04 Å². The first-order valence-electron chi connectivity index (χ1n) is 9.33. The molecule has 0 spiro atoms. The van der Waals surface area contributed by atoms with Crippen molar-refractivity contribution < 1.29 is 14.1 Å². The zero-order valence-electron chi connectivity index (χ0n) is 16.3. The number of carbonyl (C=O) groups excluding carboxylic acids is 1. The van der Waals surface area contributed by atoms with Crippen LogP contribution in [-0.2, 0) is 4.74 Å². The van der Waals surface area contributed by atoms with E-state index in [4.69, 9.17) is 9.26 Å². The predicted molar refractivity (Wildman–Crippen MR) is 104 cm³/mol. The van der Waals surface area contributed by atoms with Gasteiger partial charge >= 0.3 is 6.09 Å². The third kappa shape index (κ3) is 3.86. The highest BCUT2D eigenvalue weighted by molar-refractivity contribution is 5.89. The van der Waals surface area contributed by atoms with Crippen molar-refractivity contribution in [3.63, 3.8) is 0 Å². The molecule has 0 unspecified atom stereocenters. The van der Waals surface area contributed by atoms with E-state index in [1.807, 2.05) is 32.9 Å². The molecule has 29 heavy (non-hydrogen) atoms. The predicted octanol–water partition coefficient (Wildman–Crippen LogP) is 3.08. The first-order valence-corrected chi connectivity index (χ1v) is 9.33. The van der Waals surface area contributed by atoms with Gasteiger partial charge in [-0.3, -0.25) is 9.88 Å². The minimum atomic E-state index is -0.404. The van der Waals surface area contributed by atoms with Crippen LogP contribution >= 0.6 is 0 Å². The number of amides is 1. The lowest BCUT2D eigenvalue weighted by atomic mass is 10.0. The van der Waals surface area contributed by atoms with Crippen molar-refractivity contribution in [3.05, 3.63) is 42.5 Å². The molecule has 1 N–H and O–H groups in total. The average Bonchev–Trinajstić information content (AvgIpc) is 3.36. The zero-order valence-corrected chi connectivity index (χ0v) is 16.3. The molecule has 1 fully saturated rings. The van der Waals surface area contributed by atoms with Crippen LogP contribution in [0.5, 0.6) is 0 Å². The van der Waals surface area contributed by atoms with Crippen molar-refractivity contribution >= 4 is 17.9 Å². The molecule has 3 aromatic rings. The third-order valence-corrected chi connectivity index (χ3v) is 4.61. The van der Waals surface area contributed by atoms with Gasteiger partial charge in [-0.2, -0.15) is 9.97 Å². The maximum atomic E-state index is 12.2. The van der Waals surface area contributed by atoms with E-state index in [0.717, 1.165) is 0 Å². The molecule has 10 nitrogen and oxygen atoms in total. The lowest BCUT2D eigenvalue weighted by Crippen LogP contribution is -2.37. The molecule has 0 aliphatic carbocycles. The van der Waals surface area contributed by atoms with Crippen LogP contribution in [0.25, 0.3) is 11.5 Å². The van der Waals surface area contributed by atoms with Crippen LogP contribution in [0.2, 0.25) is 0 Å². The molecule has 3 aromatic heterocycles. The van der Waals surface area contributed by atoms with Crippen molar-refractivity contribution in [3.8, 4) is 11.5 Å². The number of cyclic esters (lactones) is 1. The summed E-state index contributed by atoms with van der Waals surface area (Å²) in [6.07, 6.45) is 2.85. The van der Waals surface area contributed by atoms with Crippen molar-refractivity contribution in [1.29, 1.82) is 0 Å². The average molecular weight is 395 g/mol. The molecule has 4 rings (SSSR count). The van der Waals surface area contributed by atoms with Crippen LogP contribution in [0.3, 0.4) is 0 Å². The number of rotatable bonds is 6. The fraction of sp³-hybridized carbons (Fsp3) is 0.368. The summed E-state index contributed by atoms with van der Waals surface area (Å²) in [4.78, 5) is 31.0. The molecule has 1 aliphatic heterocycles. The Morgan fingerprint density at radius 3 is 2.76 bits per heavy atom. The molecular weight excluding hydrogens is 374 g/mol. The molecule has 1 amide bonds. The van der Waals surface area contributed by atoms with Gasteiger partial charge < -0.3 is 14.6 Å². The molecule has 4 heterocycles. The summed E-state index contributed by atoms with van der Waals surface area (Å²) >= 11 is 0. The van der Waals surface area contributed by atoms with Gasteiger partial charge in [0.1, 0.15) is 24.2 Å². The van der Waals surface area contributed by atoms with Crippen molar-refractivity contribution in [1.82, 2.24) is 25.1 Å². The van der Waals surface area contributed by atoms with E-state index in [1.165, 1.54) is 0 Å². The molecule has 0 aromatic carbocycles. The van der Waals surface area contributed by atoms with Gasteiger partial charge in [0.25, 0.3) is 0 Å². The Bertz CT molecular complexity index is 992. The number of hydrogen-bond donors (Lipinski definition) is 1. The van der Waals surface area contributed by atoms with Crippen LogP contribution in [0.4, 0.5) is 16.6 Å². The molecule has 150 valence electrons. The SMILES string of the molecule is CC(C)[C@H]1COC(=O)N1c1ccnc(N[C@@H](C)c2nc(-c3ccccn3)no2)n1. The highest BCUT2D eigenvalue weighted by Gasteiger charge is 2.37. The first kappa shape index (κ1) is 18.8. The highest BCUT2D eigenvalue weighted by Crippen LogP contribution is 2.26. The second kappa shape index (κ2) is 7.82. The quantitative estimate of drug-likeness (QED) is 0.671. The molecule has 0 bridgehead atoms. The van der Waals surface area contributed by atoms with Crippen molar-refractivity contribution in [2.75, 3.05) is 16.8 Å². The van der Waals surface area contributed by atoms with Crippen molar-refractivity contribution in [2.24, 2.45) is 5.92 Å². The van der Waals surface area contributed by atoms with E-state index in [-0.39, 0.29) is 18.0 Å². The van der Waals surface area contributed by atoms with E-state index in [0.29, 0.717) is 35.8 Å². The molecule has 0 saturated carbocycles. The topological polar surface area (TPSA) is 119 Å². The van der Waals surface area contributed by atoms with Gasteiger partial charge in [-0.1, -0.05) is 25.1 Å². The number of nitrogens with zero attached hydrogens (tertiary/aromatic N) is 6. The summed E-state index contributed by atoms with van der Waals surface area (Å²) in [5, 5.41) is 7.10. The fourth-order valence-corrected chi connectivity index (χ4v) is 3.01. The van der Waals surface area contributed by atoms with Gasteiger partial charge in [0, 0.05) is 12.4 Å². The summed E-state index contributed by atoms with van der Waals surface area (Å²) in [5.41, 5.74) is 0.625. The standard InChI is InChI=1S/C19H21N7O3/c1-11(2)14-10-28-19(27)26(14)15-7-9-21-18(23-15)22-12(3)17-24-16(25-29-17)13-6-4-5-8-20-13/h4-9,11-12,14H,10H2,1-3H3,(H,21,22,23)/t12-,14+/m0/s1. The Hall–Kier alpha value is -3.56. The van der Waals surface area contributed by atoms with E-state index in [9.17, 15) is 4.79 Å². The summed E-state index contributed by atoms with van der Waals surface area (Å²) in [6.45, 7) is 6.28. The Balaban J connectivity index is 1.51. The van der Waals surface area contributed by atoms with Gasteiger partial charge in [0.15, 0.2) is 0 Å². The Labute approximate surface area is 167 Å². The van der Waals surface area contributed by atoms with Crippen LogP contribution < -0.4 is 10.2 Å². The number of nitrogens with one attached hydrogen (secondary N) is 1. The normalized spacial score (nSPS) is 17.4. The smallest absolute Gasteiger partial charge is 0.415 e. The number of pyridine rings is 1. The number of aromatic nitrogens is 5. The lowest BCUT2D eigenvalue weighted by molar-refractivity contribution is 0.177. The van der Waals surface area contributed by atoms with Gasteiger partial charge in [-0.05, 0) is 31.0 Å². The minimum absolute atomic E-state index is 0.0699. The number of anilines is 2. The van der Waals surface area contributed by atoms with E-state index in [2.05, 4.69) is 30.4 Å². The molecule has 1 aliphatic rings. The molecule has 0 radical (unpaired) electrons. The zero-order chi connectivity index (χ0) is 20.4. The van der Waals surface area contributed by atoms with Crippen LogP contribution in [0.15, 0.2) is 41.2 Å². The van der Waals surface area contributed by atoms with Gasteiger partial charge in [0.2, 0.25) is 17.7 Å². The van der Waals surface area contributed by atoms with Gasteiger partial charge in [-0.25, -0.2) is 9.78 Å². The van der Waals surface area contributed by atoms with E-state index >= 15 is 0 Å². The van der Waals surface area contributed by atoms with Crippen LogP contribution in [0.1, 0.15) is 32.7 Å². The van der Waals surface area contributed by atoms with Gasteiger partial charge in [-0.15, -0.1) is 0 Å². The summed E-state index contributed by atoms with van der Waals surface area (Å²) in [7, 11) is 0. The largest absolute Gasteiger partial charge is 0.447 e. The maximum Gasteiger partial charge on any atom is 0.415 e. The Morgan fingerprint density at radius 1 is 1.14 bits per heavy atom. The second-order valence-electron chi connectivity index (χ2n) is 7.03. The number of ether oxygens (including phenoxy) is 1. The molecule has 2 atom stereocenters. The number of hydrogen-bond acceptors (Lipinski definition) is 9. The second-order valence-corrected chi connectivity index (χ2v) is 7.03. The van der Waals surface area contributed by atoms with E-state index in [1.54, 1.807) is 29.4 Å². The van der Waals surface area contributed by atoms with Crippen molar-refractivity contribution in [2.45, 2.75) is 32.9 Å². The van der Waals surface area contributed by atoms with Crippen LogP contribution in [-0.4, -0.2) is 43.8 Å². The molecular formula is C19H21N7O3. The molecule has 1 saturated heterocycles. The lowest BCUT2D eigenvalue weighted by Gasteiger charge is -2.23. The molecule has 10 heteroatoms. The number of carbonyl (C=O) groups is 1. The van der Waals surface area contributed by atoms with Crippen LogP contribution in [0, 0.1) is 5.92 Å². The first-order chi connectivity index (χ1) is 14.0. The third-order valence-electron chi connectivity index (χ3n) is 4.61. The fourth-order valence-electron chi connectivity index (χ4n) is 3.01. The summed E-state index contributed by atoms with van der Waals surface area (Å²) in [5.74, 6) is 1.84. The Kier molecular flexibility index (Phi) is 5.07.